The minimum atomic E-state index is -4.33. The lowest BCUT2D eigenvalue weighted by Crippen LogP contribution is -2.35. The molecule has 2 aliphatic heterocycles. The van der Waals surface area contributed by atoms with E-state index in [0.29, 0.717) is 30.9 Å². The van der Waals surface area contributed by atoms with E-state index in [4.69, 9.17) is 14.2 Å². The Bertz CT molecular complexity index is 1050. The monoisotopic (exact) mass is 473 g/mol. The molecular formula is C25H26F3N3O3. The Hall–Kier alpha value is -3.36. The minimum Gasteiger partial charge on any atom is -0.493 e. The summed E-state index contributed by atoms with van der Waals surface area (Å²) in [6.07, 6.45) is 1.19. The zero-order valence-corrected chi connectivity index (χ0v) is 18.6. The first-order valence-corrected chi connectivity index (χ1v) is 11.4. The molecule has 180 valence electrons. The number of piperidine rings is 1. The van der Waals surface area contributed by atoms with Gasteiger partial charge in [0.1, 0.15) is 18.1 Å². The number of nitrogens with zero attached hydrogens (tertiary/aromatic N) is 3. The second-order valence-electron chi connectivity index (χ2n) is 8.67. The van der Waals surface area contributed by atoms with Gasteiger partial charge in [-0.05, 0) is 67.3 Å². The first-order valence-electron chi connectivity index (χ1n) is 11.4. The van der Waals surface area contributed by atoms with Gasteiger partial charge in [-0.1, -0.05) is 0 Å². The molecule has 1 unspecified atom stereocenters. The lowest BCUT2D eigenvalue weighted by Gasteiger charge is -2.33. The number of benzene rings is 2. The standard InChI is InChI=1S/C25H26F3N3O3/c26-25(27,28)19-1-5-21(6-2-19)32-16-18-9-12-30(13-10-18)20-3-7-22(8-4-20)33-17-23-15-31-14-11-29-24(31)34-23/h1-8,11,14,18,23H,9-10,12-13,15-17H2. The Morgan fingerprint density at radius 3 is 2.21 bits per heavy atom. The normalized spacial score (nSPS) is 18.4. The molecule has 0 saturated carbocycles. The summed E-state index contributed by atoms with van der Waals surface area (Å²) in [4.78, 5) is 6.47. The van der Waals surface area contributed by atoms with Crippen molar-refractivity contribution < 1.29 is 27.4 Å². The van der Waals surface area contributed by atoms with Gasteiger partial charge in [-0.25, -0.2) is 4.98 Å². The van der Waals surface area contributed by atoms with Crippen LogP contribution in [-0.2, 0) is 12.7 Å². The highest BCUT2D eigenvalue weighted by molar-refractivity contribution is 5.49. The molecule has 1 saturated heterocycles. The number of aromatic nitrogens is 2. The van der Waals surface area contributed by atoms with Gasteiger partial charge < -0.3 is 19.1 Å². The third-order valence-electron chi connectivity index (χ3n) is 6.27. The van der Waals surface area contributed by atoms with E-state index in [1.54, 1.807) is 6.20 Å². The van der Waals surface area contributed by atoms with Crippen molar-refractivity contribution in [3.63, 3.8) is 0 Å². The van der Waals surface area contributed by atoms with Gasteiger partial charge in [0.05, 0.1) is 18.7 Å². The lowest BCUT2D eigenvalue weighted by atomic mass is 9.97. The van der Waals surface area contributed by atoms with Gasteiger partial charge >= 0.3 is 6.18 Å². The van der Waals surface area contributed by atoms with Crippen LogP contribution in [0.3, 0.4) is 0 Å². The quantitative estimate of drug-likeness (QED) is 0.481. The summed E-state index contributed by atoms with van der Waals surface area (Å²) in [7, 11) is 0. The molecule has 34 heavy (non-hydrogen) atoms. The third kappa shape index (κ3) is 5.24. The van der Waals surface area contributed by atoms with Crippen LogP contribution >= 0.6 is 0 Å². The van der Waals surface area contributed by atoms with E-state index in [2.05, 4.69) is 22.0 Å². The van der Waals surface area contributed by atoms with E-state index in [0.717, 1.165) is 56.0 Å². The molecule has 3 heterocycles. The number of rotatable bonds is 7. The summed E-state index contributed by atoms with van der Waals surface area (Å²) in [5.74, 6) is 1.65. The van der Waals surface area contributed by atoms with Crippen LogP contribution in [0.15, 0.2) is 60.9 Å². The highest BCUT2D eigenvalue weighted by Gasteiger charge is 2.30. The second-order valence-corrected chi connectivity index (χ2v) is 8.67. The average Bonchev–Trinajstić information content (AvgIpc) is 3.44. The van der Waals surface area contributed by atoms with Gasteiger partial charge in [0.15, 0.2) is 6.10 Å². The molecule has 9 heteroatoms. The highest BCUT2D eigenvalue weighted by Crippen LogP contribution is 2.31. The van der Waals surface area contributed by atoms with Gasteiger partial charge in [-0.15, -0.1) is 0 Å². The van der Waals surface area contributed by atoms with Crippen LogP contribution in [0.1, 0.15) is 18.4 Å². The van der Waals surface area contributed by atoms with E-state index in [1.807, 2.05) is 22.9 Å². The maximum Gasteiger partial charge on any atom is 0.416 e. The number of hydrogen-bond donors (Lipinski definition) is 0. The van der Waals surface area contributed by atoms with Crippen molar-refractivity contribution in [3.8, 4) is 17.5 Å². The summed E-state index contributed by atoms with van der Waals surface area (Å²) in [5, 5.41) is 0. The molecule has 0 N–H and O–H groups in total. The van der Waals surface area contributed by atoms with Crippen molar-refractivity contribution in [1.29, 1.82) is 0 Å². The van der Waals surface area contributed by atoms with E-state index >= 15 is 0 Å². The van der Waals surface area contributed by atoms with Gasteiger partial charge in [0.25, 0.3) is 6.01 Å². The Kier molecular flexibility index (Phi) is 6.26. The zero-order valence-electron chi connectivity index (χ0n) is 18.6. The molecule has 0 amide bonds. The van der Waals surface area contributed by atoms with Gasteiger partial charge in [-0.3, -0.25) is 4.57 Å². The number of imidazole rings is 1. The molecule has 0 radical (unpaired) electrons. The van der Waals surface area contributed by atoms with Crippen LogP contribution < -0.4 is 19.1 Å². The Labute approximate surface area is 195 Å². The lowest BCUT2D eigenvalue weighted by molar-refractivity contribution is -0.137. The molecule has 6 nitrogen and oxygen atoms in total. The summed E-state index contributed by atoms with van der Waals surface area (Å²) >= 11 is 0. The van der Waals surface area contributed by atoms with E-state index < -0.39 is 11.7 Å². The van der Waals surface area contributed by atoms with Crippen LogP contribution in [0.2, 0.25) is 0 Å². The van der Waals surface area contributed by atoms with Gasteiger partial charge in [0, 0.05) is 31.2 Å². The van der Waals surface area contributed by atoms with Gasteiger partial charge in [-0.2, -0.15) is 13.2 Å². The summed E-state index contributed by atoms with van der Waals surface area (Å²) in [5.41, 5.74) is 0.482. The molecule has 0 aliphatic carbocycles. The van der Waals surface area contributed by atoms with Crippen LogP contribution in [0, 0.1) is 5.92 Å². The molecule has 2 aromatic carbocycles. The van der Waals surface area contributed by atoms with Gasteiger partial charge in [0.2, 0.25) is 0 Å². The SMILES string of the molecule is FC(F)(F)c1ccc(OCC2CCN(c3ccc(OCC4Cn5ccnc5O4)cc3)CC2)cc1. The number of anilines is 1. The number of fused-ring (bicyclic) bond motifs is 1. The molecular weight excluding hydrogens is 447 g/mol. The summed E-state index contributed by atoms with van der Waals surface area (Å²) in [6, 6.07) is 13.6. The topological polar surface area (TPSA) is 48.8 Å². The van der Waals surface area contributed by atoms with E-state index in [1.165, 1.54) is 12.1 Å². The molecule has 3 aromatic rings. The molecule has 1 fully saturated rings. The van der Waals surface area contributed by atoms with Crippen molar-refractivity contribution in [2.75, 3.05) is 31.2 Å². The van der Waals surface area contributed by atoms with E-state index in [-0.39, 0.29) is 6.10 Å². The number of halogens is 3. The first-order chi connectivity index (χ1) is 16.4. The van der Waals surface area contributed by atoms with Crippen LogP contribution in [0.25, 0.3) is 0 Å². The van der Waals surface area contributed by atoms with Crippen LogP contribution in [-0.4, -0.2) is 42.0 Å². The highest BCUT2D eigenvalue weighted by atomic mass is 19.4. The predicted molar refractivity (Wildman–Crippen MR) is 120 cm³/mol. The first kappa shape index (κ1) is 22.4. The summed E-state index contributed by atoms with van der Waals surface area (Å²) in [6.45, 7) is 3.53. The van der Waals surface area contributed by atoms with Crippen molar-refractivity contribution in [2.24, 2.45) is 5.92 Å². The van der Waals surface area contributed by atoms with E-state index in [9.17, 15) is 13.2 Å². The fourth-order valence-electron chi connectivity index (χ4n) is 4.30. The largest absolute Gasteiger partial charge is 0.493 e. The van der Waals surface area contributed by atoms with Crippen molar-refractivity contribution in [2.45, 2.75) is 31.7 Å². The number of alkyl halides is 3. The third-order valence-corrected chi connectivity index (χ3v) is 6.27. The average molecular weight is 473 g/mol. The maximum atomic E-state index is 12.7. The zero-order chi connectivity index (χ0) is 23.5. The fraction of sp³-hybridized carbons (Fsp3) is 0.400. The Morgan fingerprint density at radius 2 is 1.56 bits per heavy atom. The van der Waals surface area contributed by atoms with Crippen molar-refractivity contribution in [1.82, 2.24) is 9.55 Å². The molecule has 0 spiro atoms. The van der Waals surface area contributed by atoms with Crippen molar-refractivity contribution in [3.05, 3.63) is 66.5 Å². The smallest absolute Gasteiger partial charge is 0.416 e. The molecule has 1 aromatic heterocycles. The number of ether oxygens (including phenoxy) is 3. The molecule has 1 atom stereocenters. The summed E-state index contributed by atoms with van der Waals surface area (Å²) < 4.78 is 57.3. The second kappa shape index (κ2) is 9.48. The Morgan fingerprint density at radius 1 is 0.912 bits per heavy atom. The Balaban J connectivity index is 1.04. The van der Waals surface area contributed by atoms with Crippen molar-refractivity contribution >= 4 is 5.69 Å². The predicted octanol–water partition coefficient (Wildman–Crippen LogP) is 5.04. The molecule has 2 aliphatic rings. The molecule has 0 bridgehead atoms. The fourth-order valence-corrected chi connectivity index (χ4v) is 4.30. The minimum absolute atomic E-state index is 0.0350. The number of hydrogen-bond acceptors (Lipinski definition) is 5. The molecule has 5 rings (SSSR count). The van der Waals surface area contributed by atoms with Crippen LogP contribution in [0.4, 0.5) is 18.9 Å². The van der Waals surface area contributed by atoms with Crippen LogP contribution in [0.5, 0.6) is 17.5 Å². The maximum absolute atomic E-state index is 12.7.